The smallest absolute Gasteiger partial charge is 0.335 e. The molecule has 7 heteroatoms. The second-order valence-electron chi connectivity index (χ2n) is 6.91. The molecule has 0 aliphatic carbocycles. The number of carbonyl (C=O) groups is 1. The van der Waals surface area contributed by atoms with Crippen LogP contribution >= 0.6 is 12.2 Å². The summed E-state index contributed by atoms with van der Waals surface area (Å²) >= 11 is 5.59. The average molecular weight is 407 g/mol. The second-order valence-corrected chi connectivity index (χ2v) is 7.29. The summed E-state index contributed by atoms with van der Waals surface area (Å²) in [5.41, 5.74) is 1.84. The molecule has 0 saturated carbocycles. The number of rotatable bonds is 6. The number of carboxylic acids is 1. The van der Waals surface area contributed by atoms with Crippen LogP contribution in [0.5, 0.6) is 0 Å². The molecule has 0 bridgehead atoms. The Bertz CT molecular complexity index is 1030. The molecule has 1 aliphatic rings. The lowest BCUT2D eigenvalue weighted by Gasteiger charge is -2.25. The quantitative estimate of drug-likeness (QED) is 0.586. The molecule has 6 nitrogen and oxygen atoms in total. The Morgan fingerprint density at radius 3 is 2.83 bits per heavy atom. The van der Waals surface area contributed by atoms with Crippen molar-refractivity contribution in [1.82, 2.24) is 15.2 Å². The highest BCUT2D eigenvalue weighted by atomic mass is 32.1. The van der Waals surface area contributed by atoms with Crippen LogP contribution in [0.4, 0.5) is 0 Å². The number of thiocarbonyl (C=S) groups is 1. The average Bonchev–Trinajstić information content (AvgIpc) is 3.34. The fourth-order valence-corrected chi connectivity index (χ4v) is 4.00. The molecule has 2 aromatic heterocycles. The Balaban J connectivity index is 1.72. The third-order valence-electron chi connectivity index (χ3n) is 4.97. The topological polar surface area (TPSA) is 78.6 Å². The van der Waals surface area contributed by atoms with Crippen LogP contribution in [0.2, 0.25) is 0 Å². The molecule has 3 aromatic rings. The van der Waals surface area contributed by atoms with Crippen LogP contribution in [0.1, 0.15) is 47.2 Å². The first kappa shape index (κ1) is 19.1. The number of hydrogen-bond donors (Lipinski definition) is 2. The van der Waals surface area contributed by atoms with E-state index in [2.05, 4.69) is 22.1 Å². The van der Waals surface area contributed by atoms with E-state index < -0.39 is 5.97 Å². The van der Waals surface area contributed by atoms with E-state index in [1.807, 2.05) is 36.4 Å². The summed E-state index contributed by atoms with van der Waals surface area (Å²) in [4.78, 5) is 17.9. The molecule has 1 aliphatic heterocycles. The number of furan rings is 1. The van der Waals surface area contributed by atoms with Gasteiger partial charge in [0.25, 0.3) is 0 Å². The lowest BCUT2D eigenvalue weighted by Crippen LogP contribution is -2.30. The zero-order valence-corrected chi connectivity index (χ0v) is 16.7. The lowest BCUT2D eigenvalue weighted by atomic mass is 10.0. The minimum atomic E-state index is -0.965. The van der Waals surface area contributed by atoms with Gasteiger partial charge in [-0.25, -0.2) is 4.79 Å². The molecule has 3 heterocycles. The molecule has 2 unspecified atom stereocenters. The minimum absolute atomic E-state index is 0.125. The Labute approximate surface area is 174 Å². The van der Waals surface area contributed by atoms with Gasteiger partial charge in [0.2, 0.25) is 0 Å². The van der Waals surface area contributed by atoms with Crippen LogP contribution in [0.3, 0.4) is 0 Å². The SMILES string of the molecule is CCCN1C(=S)NC(c2ccccn2)C1c1ccc(-c2cccc(C(=O)O)c2)o1. The van der Waals surface area contributed by atoms with Crippen molar-refractivity contribution in [3.63, 3.8) is 0 Å². The summed E-state index contributed by atoms with van der Waals surface area (Å²) in [7, 11) is 0. The Hall–Kier alpha value is -3.19. The highest BCUT2D eigenvalue weighted by molar-refractivity contribution is 7.80. The van der Waals surface area contributed by atoms with Crippen molar-refractivity contribution in [2.75, 3.05) is 6.54 Å². The third-order valence-corrected chi connectivity index (χ3v) is 5.33. The van der Waals surface area contributed by atoms with Crippen molar-refractivity contribution < 1.29 is 14.3 Å². The molecule has 2 N–H and O–H groups in total. The number of aromatic carboxylic acids is 1. The standard InChI is InChI=1S/C22H21N3O3S/c1-2-12-25-20(19(24-22(25)29)16-8-3-4-11-23-16)18-10-9-17(28-18)14-6-5-7-15(13-14)21(26)27/h3-11,13,19-20H,2,12H2,1H3,(H,24,29)(H,26,27). The van der Waals surface area contributed by atoms with Gasteiger partial charge in [0.1, 0.15) is 17.6 Å². The van der Waals surface area contributed by atoms with E-state index in [0.29, 0.717) is 10.9 Å². The molecule has 0 spiro atoms. The van der Waals surface area contributed by atoms with E-state index in [0.717, 1.165) is 30.0 Å². The number of pyridine rings is 1. The first-order valence-corrected chi connectivity index (χ1v) is 9.91. The van der Waals surface area contributed by atoms with E-state index in [4.69, 9.17) is 16.6 Å². The van der Waals surface area contributed by atoms with Crippen molar-refractivity contribution in [3.8, 4) is 11.3 Å². The first-order valence-electron chi connectivity index (χ1n) is 9.50. The highest BCUT2D eigenvalue weighted by Gasteiger charge is 2.41. The number of nitrogens with one attached hydrogen (secondary N) is 1. The number of nitrogens with zero attached hydrogens (tertiary/aromatic N) is 2. The van der Waals surface area contributed by atoms with Crippen LogP contribution in [0.15, 0.2) is 65.2 Å². The molecular weight excluding hydrogens is 386 g/mol. The van der Waals surface area contributed by atoms with Gasteiger partial charge in [0.15, 0.2) is 5.11 Å². The number of hydrogen-bond acceptors (Lipinski definition) is 4. The van der Waals surface area contributed by atoms with Gasteiger partial charge >= 0.3 is 5.97 Å². The molecule has 29 heavy (non-hydrogen) atoms. The second kappa shape index (κ2) is 8.05. The maximum atomic E-state index is 11.3. The van der Waals surface area contributed by atoms with Crippen molar-refractivity contribution in [2.45, 2.75) is 25.4 Å². The van der Waals surface area contributed by atoms with Gasteiger partial charge in [0, 0.05) is 18.3 Å². The van der Waals surface area contributed by atoms with Crippen molar-refractivity contribution in [1.29, 1.82) is 0 Å². The summed E-state index contributed by atoms with van der Waals surface area (Å²) < 4.78 is 6.20. The molecule has 1 aromatic carbocycles. The van der Waals surface area contributed by atoms with Crippen LogP contribution in [-0.2, 0) is 0 Å². The lowest BCUT2D eigenvalue weighted by molar-refractivity contribution is 0.0697. The molecule has 148 valence electrons. The summed E-state index contributed by atoms with van der Waals surface area (Å²) in [6.07, 6.45) is 2.71. The summed E-state index contributed by atoms with van der Waals surface area (Å²) in [5, 5.41) is 13.3. The van der Waals surface area contributed by atoms with Crippen LogP contribution < -0.4 is 5.32 Å². The van der Waals surface area contributed by atoms with Crippen LogP contribution in [0.25, 0.3) is 11.3 Å². The fraction of sp³-hybridized carbons (Fsp3) is 0.227. The van der Waals surface area contributed by atoms with Gasteiger partial charge in [-0.15, -0.1) is 0 Å². The fourth-order valence-electron chi connectivity index (χ4n) is 3.67. The van der Waals surface area contributed by atoms with E-state index >= 15 is 0 Å². The monoisotopic (exact) mass is 407 g/mol. The zero-order valence-electron chi connectivity index (χ0n) is 15.9. The molecule has 1 fully saturated rings. The Morgan fingerprint density at radius 1 is 1.24 bits per heavy atom. The predicted molar refractivity (Wildman–Crippen MR) is 114 cm³/mol. The van der Waals surface area contributed by atoms with Gasteiger partial charge in [-0.3, -0.25) is 4.98 Å². The number of benzene rings is 1. The summed E-state index contributed by atoms with van der Waals surface area (Å²) in [6, 6.07) is 16.1. The first-order chi connectivity index (χ1) is 14.1. The van der Waals surface area contributed by atoms with Gasteiger partial charge in [-0.2, -0.15) is 0 Å². The largest absolute Gasteiger partial charge is 0.478 e. The van der Waals surface area contributed by atoms with Crippen molar-refractivity contribution >= 4 is 23.3 Å². The van der Waals surface area contributed by atoms with Gasteiger partial charge in [0.05, 0.1) is 17.3 Å². The molecule has 1 saturated heterocycles. The van der Waals surface area contributed by atoms with E-state index in [9.17, 15) is 9.90 Å². The minimum Gasteiger partial charge on any atom is -0.478 e. The molecule has 0 amide bonds. The Morgan fingerprint density at radius 2 is 2.10 bits per heavy atom. The number of aromatic nitrogens is 1. The van der Waals surface area contributed by atoms with Gasteiger partial charge in [-0.05, 0) is 55.0 Å². The summed E-state index contributed by atoms with van der Waals surface area (Å²) in [5.74, 6) is 0.419. The van der Waals surface area contributed by atoms with E-state index in [1.54, 1.807) is 24.4 Å². The van der Waals surface area contributed by atoms with Crippen molar-refractivity contribution in [3.05, 3.63) is 77.8 Å². The van der Waals surface area contributed by atoms with Crippen LogP contribution in [0, 0.1) is 0 Å². The number of carboxylic acid groups (broad SMARTS) is 1. The Kier molecular flexibility index (Phi) is 5.31. The third kappa shape index (κ3) is 3.73. The van der Waals surface area contributed by atoms with E-state index in [1.165, 1.54) is 0 Å². The maximum absolute atomic E-state index is 11.3. The normalized spacial score (nSPS) is 18.7. The van der Waals surface area contributed by atoms with Gasteiger partial charge in [-0.1, -0.05) is 25.1 Å². The molecule has 4 rings (SSSR count). The zero-order chi connectivity index (χ0) is 20.4. The van der Waals surface area contributed by atoms with E-state index in [-0.39, 0.29) is 17.6 Å². The molecular formula is C22H21N3O3S. The molecule has 0 radical (unpaired) electrons. The predicted octanol–water partition coefficient (Wildman–Crippen LogP) is 4.42. The maximum Gasteiger partial charge on any atom is 0.335 e. The molecule has 2 atom stereocenters. The highest BCUT2D eigenvalue weighted by Crippen LogP contribution is 2.40. The van der Waals surface area contributed by atoms with Gasteiger partial charge < -0.3 is 19.7 Å². The van der Waals surface area contributed by atoms with Crippen LogP contribution in [-0.4, -0.2) is 32.6 Å². The summed E-state index contributed by atoms with van der Waals surface area (Å²) in [6.45, 7) is 2.91. The van der Waals surface area contributed by atoms with Crippen molar-refractivity contribution in [2.24, 2.45) is 0 Å².